The van der Waals surface area contributed by atoms with Crippen LogP contribution in [0.1, 0.15) is 5.56 Å². The summed E-state index contributed by atoms with van der Waals surface area (Å²) in [6.45, 7) is 0.622. The van der Waals surface area contributed by atoms with Crippen LogP contribution in [-0.4, -0.2) is 17.5 Å². The molecule has 0 aromatic heterocycles. The summed E-state index contributed by atoms with van der Waals surface area (Å²) in [5, 5.41) is 3.32. The molecule has 1 saturated heterocycles. The second-order valence-electron chi connectivity index (χ2n) is 3.35. The van der Waals surface area contributed by atoms with Gasteiger partial charge in [0.2, 0.25) is 0 Å². The van der Waals surface area contributed by atoms with E-state index in [1.807, 2.05) is 17.8 Å². The van der Waals surface area contributed by atoms with Crippen molar-refractivity contribution in [3.63, 3.8) is 0 Å². The van der Waals surface area contributed by atoms with Gasteiger partial charge in [-0.1, -0.05) is 15.9 Å². The van der Waals surface area contributed by atoms with E-state index in [1.165, 1.54) is 6.07 Å². The zero-order valence-corrected chi connectivity index (χ0v) is 10.00. The smallest absolute Gasteiger partial charge is 0.127 e. The van der Waals surface area contributed by atoms with Gasteiger partial charge in [0.15, 0.2) is 0 Å². The summed E-state index contributed by atoms with van der Waals surface area (Å²) in [7, 11) is 0. The van der Waals surface area contributed by atoms with Crippen molar-refractivity contribution < 1.29 is 4.39 Å². The highest BCUT2D eigenvalue weighted by Crippen LogP contribution is 2.19. The van der Waals surface area contributed by atoms with Gasteiger partial charge in [-0.25, -0.2) is 4.39 Å². The molecule has 0 aliphatic carbocycles. The van der Waals surface area contributed by atoms with Crippen molar-refractivity contribution in [1.29, 1.82) is 0 Å². The Morgan fingerprint density at radius 2 is 2.29 bits per heavy atom. The van der Waals surface area contributed by atoms with E-state index in [-0.39, 0.29) is 5.82 Å². The van der Waals surface area contributed by atoms with E-state index in [2.05, 4.69) is 21.2 Å². The standard InChI is InChI=1S/C10H11BrFNS/c11-8-1-2-10(12)7(3-8)4-13-9-5-14-6-9/h1-3,9,13H,4-6H2. The molecule has 0 atom stereocenters. The molecule has 0 amide bonds. The molecule has 1 fully saturated rings. The highest BCUT2D eigenvalue weighted by Gasteiger charge is 2.17. The molecule has 0 bridgehead atoms. The lowest BCUT2D eigenvalue weighted by Gasteiger charge is -2.26. The molecule has 1 aromatic rings. The molecular weight excluding hydrogens is 265 g/mol. The maximum atomic E-state index is 13.3. The fourth-order valence-electron chi connectivity index (χ4n) is 1.29. The van der Waals surface area contributed by atoms with E-state index in [0.717, 1.165) is 21.5 Å². The number of thioether (sulfide) groups is 1. The lowest BCUT2D eigenvalue weighted by atomic mass is 10.2. The van der Waals surface area contributed by atoms with Gasteiger partial charge >= 0.3 is 0 Å². The topological polar surface area (TPSA) is 12.0 Å². The quantitative estimate of drug-likeness (QED) is 0.911. The highest BCUT2D eigenvalue weighted by atomic mass is 79.9. The molecule has 14 heavy (non-hydrogen) atoms. The summed E-state index contributed by atoms with van der Waals surface area (Å²) in [5.74, 6) is 2.17. The molecule has 0 radical (unpaired) electrons. The van der Waals surface area contributed by atoms with Crippen LogP contribution in [0.2, 0.25) is 0 Å². The minimum Gasteiger partial charge on any atom is -0.308 e. The number of benzene rings is 1. The van der Waals surface area contributed by atoms with Gasteiger partial charge in [0.25, 0.3) is 0 Å². The van der Waals surface area contributed by atoms with Gasteiger partial charge in [0, 0.05) is 34.1 Å². The van der Waals surface area contributed by atoms with Crippen molar-refractivity contribution in [3.8, 4) is 0 Å². The SMILES string of the molecule is Fc1ccc(Br)cc1CNC1CSC1. The summed E-state index contributed by atoms with van der Waals surface area (Å²) in [6, 6.07) is 5.61. The molecule has 4 heteroatoms. The van der Waals surface area contributed by atoms with Crippen LogP contribution < -0.4 is 5.32 Å². The van der Waals surface area contributed by atoms with E-state index in [4.69, 9.17) is 0 Å². The zero-order chi connectivity index (χ0) is 9.97. The van der Waals surface area contributed by atoms with E-state index in [0.29, 0.717) is 12.6 Å². The van der Waals surface area contributed by atoms with E-state index in [9.17, 15) is 4.39 Å². The van der Waals surface area contributed by atoms with Crippen LogP contribution in [0.5, 0.6) is 0 Å². The largest absolute Gasteiger partial charge is 0.308 e. The van der Waals surface area contributed by atoms with Crippen LogP contribution in [0, 0.1) is 5.82 Å². The first-order chi connectivity index (χ1) is 6.75. The van der Waals surface area contributed by atoms with Gasteiger partial charge in [-0.2, -0.15) is 11.8 Å². The zero-order valence-electron chi connectivity index (χ0n) is 7.59. The first kappa shape index (κ1) is 10.5. The molecule has 1 nitrogen and oxygen atoms in total. The second kappa shape index (κ2) is 4.64. The molecule has 76 valence electrons. The fourth-order valence-corrected chi connectivity index (χ4v) is 2.40. The normalized spacial score (nSPS) is 16.7. The predicted octanol–water partition coefficient (Wildman–Crippen LogP) is 2.79. The van der Waals surface area contributed by atoms with Gasteiger partial charge in [-0.05, 0) is 18.2 Å². The molecule has 1 N–H and O–H groups in total. The molecule has 1 aliphatic heterocycles. The van der Waals surface area contributed by atoms with Crippen molar-refractivity contribution in [2.24, 2.45) is 0 Å². The van der Waals surface area contributed by atoms with E-state index < -0.39 is 0 Å². The van der Waals surface area contributed by atoms with E-state index in [1.54, 1.807) is 6.07 Å². The van der Waals surface area contributed by atoms with Crippen molar-refractivity contribution >= 4 is 27.7 Å². The maximum absolute atomic E-state index is 13.3. The van der Waals surface area contributed by atoms with Crippen molar-refractivity contribution in [1.82, 2.24) is 5.32 Å². The molecule has 1 aromatic carbocycles. The molecule has 0 unspecified atom stereocenters. The predicted molar refractivity (Wildman–Crippen MR) is 62.1 cm³/mol. The Labute approximate surface area is 95.6 Å². The summed E-state index contributed by atoms with van der Waals surface area (Å²) >= 11 is 5.26. The minimum atomic E-state index is -0.132. The van der Waals surface area contributed by atoms with Crippen LogP contribution in [0.15, 0.2) is 22.7 Å². The van der Waals surface area contributed by atoms with Gasteiger partial charge in [-0.15, -0.1) is 0 Å². The average Bonchev–Trinajstić information content (AvgIpc) is 2.08. The summed E-state index contributed by atoms with van der Waals surface area (Å²) < 4.78 is 14.2. The number of nitrogens with one attached hydrogen (secondary N) is 1. The molecule has 1 aliphatic rings. The van der Waals surface area contributed by atoms with E-state index >= 15 is 0 Å². The second-order valence-corrected chi connectivity index (χ2v) is 5.34. The van der Waals surface area contributed by atoms with Gasteiger partial charge in [0.1, 0.15) is 5.82 Å². The maximum Gasteiger partial charge on any atom is 0.127 e. The summed E-state index contributed by atoms with van der Waals surface area (Å²) in [4.78, 5) is 0. The molecule has 0 saturated carbocycles. The minimum absolute atomic E-state index is 0.132. The summed E-state index contributed by atoms with van der Waals surface area (Å²) in [5.41, 5.74) is 0.733. The Kier molecular flexibility index (Phi) is 3.47. The van der Waals surface area contributed by atoms with Gasteiger partial charge < -0.3 is 5.32 Å². The Morgan fingerprint density at radius 3 is 2.93 bits per heavy atom. The Hall–Kier alpha value is -0.0600. The third-order valence-electron chi connectivity index (χ3n) is 2.23. The molecule has 0 spiro atoms. The van der Waals surface area contributed by atoms with Crippen LogP contribution in [0.25, 0.3) is 0 Å². The first-order valence-corrected chi connectivity index (χ1v) is 6.45. The monoisotopic (exact) mass is 275 g/mol. The lowest BCUT2D eigenvalue weighted by Crippen LogP contribution is -2.39. The van der Waals surface area contributed by atoms with Crippen LogP contribution in [-0.2, 0) is 6.54 Å². The van der Waals surface area contributed by atoms with Crippen molar-refractivity contribution in [3.05, 3.63) is 34.1 Å². The third-order valence-corrected chi connectivity index (χ3v) is 4.00. The third kappa shape index (κ3) is 2.49. The Bertz CT molecular complexity index is 328. The number of rotatable bonds is 3. The fraction of sp³-hybridized carbons (Fsp3) is 0.400. The molecule has 2 rings (SSSR count). The number of hydrogen-bond acceptors (Lipinski definition) is 2. The lowest BCUT2D eigenvalue weighted by molar-refractivity contribution is 0.550. The van der Waals surface area contributed by atoms with Gasteiger partial charge in [-0.3, -0.25) is 0 Å². The Morgan fingerprint density at radius 1 is 1.50 bits per heavy atom. The van der Waals surface area contributed by atoms with Crippen LogP contribution >= 0.6 is 27.7 Å². The number of hydrogen-bond donors (Lipinski definition) is 1. The number of halogens is 2. The molecular formula is C10H11BrFNS. The van der Waals surface area contributed by atoms with Crippen molar-refractivity contribution in [2.75, 3.05) is 11.5 Å². The van der Waals surface area contributed by atoms with Crippen LogP contribution in [0.3, 0.4) is 0 Å². The molecule has 1 heterocycles. The van der Waals surface area contributed by atoms with Crippen molar-refractivity contribution in [2.45, 2.75) is 12.6 Å². The average molecular weight is 276 g/mol. The first-order valence-electron chi connectivity index (χ1n) is 4.51. The highest BCUT2D eigenvalue weighted by molar-refractivity contribution is 9.10. The Balaban J connectivity index is 1.96. The van der Waals surface area contributed by atoms with Crippen LogP contribution in [0.4, 0.5) is 4.39 Å². The van der Waals surface area contributed by atoms with Gasteiger partial charge in [0.05, 0.1) is 0 Å². The summed E-state index contributed by atoms with van der Waals surface area (Å²) in [6.07, 6.45) is 0.